The highest BCUT2D eigenvalue weighted by atomic mass is 32.2. The molecule has 4 aromatic rings. The highest BCUT2D eigenvalue weighted by molar-refractivity contribution is 7.99. The van der Waals surface area contributed by atoms with Crippen molar-refractivity contribution in [3.05, 3.63) is 88.2 Å². The molecule has 0 amide bonds. The SMILES string of the molecule is COc1ccc(-n2nc(Sc3ccc4ccccc4c3)c(C)c(C#N)c2=O)cc1. The Morgan fingerprint density at radius 1 is 1.03 bits per heavy atom. The highest BCUT2D eigenvalue weighted by Gasteiger charge is 2.16. The van der Waals surface area contributed by atoms with E-state index in [-0.39, 0.29) is 5.56 Å². The second-order valence-electron chi connectivity index (χ2n) is 6.44. The maximum Gasteiger partial charge on any atom is 0.289 e. The van der Waals surface area contributed by atoms with E-state index in [4.69, 9.17) is 4.74 Å². The van der Waals surface area contributed by atoms with Crippen molar-refractivity contribution in [2.24, 2.45) is 0 Å². The Labute approximate surface area is 172 Å². The van der Waals surface area contributed by atoms with Crippen LogP contribution in [0.5, 0.6) is 5.75 Å². The summed E-state index contributed by atoms with van der Waals surface area (Å²) in [6.45, 7) is 1.76. The van der Waals surface area contributed by atoms with Crippen LogP contribution in [0.2, 0.25) is 0 Å². The van der Waals surface area contributed by atoms with Gasteiger partial charge in [0.2, 0.25) is 0 Å². The van der Waals surface area contributed by atoms with Gasteiger partial charge in [0, 0.05) is 10.5 Å². The molecule has 0 fully saturated rings. The van der Waals surface area contributed by atoms with Crippen molar-refractivity contribution >= 4 is 22.5 Å². The van der Waals surface area contributed by atoms with Crippen LogP contribution in [0.3, 0.4) is 0 Å². The first-order chi connectivity index (χ1) is 14.1. The van der Waals surface area contributed by atoms with Crippen molar-refractivity contribution in [3.8, 4) is 17.5 Å². The molecule has 0 spiro atoms. The zero-order chi connectivity index (χ0) is 20.4. The fraction of sp³-hybridized carbons (Fsp3) is 0.0870. The monoisotopic (exact) mass is 399 g/mol. The van der Waals surface area contributed by atoms with E-state index >= 15 is 0 Å². The molecule has 0 N–H and O–H groups in total. The van der Waals surface area contributed by atoms with Crippen LogP contribution in [-0.2, 0) is 0 Å². The summed E-state index contributed by atoms with van der Waals surface area (Å²) < 4.78 is 6.45. The summed E-state index contributed by atoms with van der Waals surface area (Å²) in [6.07, 6.45) is 0. The van der Waals surface area contributed by atoms with Crippen LogP contribution in [0.15, 0.2) is 81.4 Å². The van der Waals surface area contributed by atoms with Gasteiger partial charge < -0.3 is 4.74 Å². The number of aromatic nitrogens is 2. The molecule has 0 saturated heterocycles. The minimum absolute atomic E-state index is 0.0964. The molecule has 0 unspecified atom stereocenters. The van der Waals surface area contributed by atoms with E-state index in [0.29, 0.717) is 22.0 Å². The Bertz CT molecular complexity index is 1300. The fourth-order valence-electron chi connectivity index (χ4n) is 3.05. The number of nitriles is 1. The molecule has 0 aliphatic rings. The van der Waals surface area contributed by atoms with Crippen molar-refractivity contribution in [2.45, 2.75) is 16.8 Å². The predicted molar refractivity (Wildman–Crippen MR) is 114 cm³/mol. The Hall–Kier alpha value is -3.56. The minimum atomic E-state index is -0.432. The molecule has 0 atom stereocenters. The molecule has 0 aliphatic heterocycles. The Balaban J connectivity index is 1.81. The molecule has 0 radical (unpaired) electrons. The van der Waals surface area contributed by atoms with Gasteiger partial charge in [0.25, 0.3) is 5.56 Å². The first-order valence-corrected chi connectivity index (χ1v) is 9.77. The molecule has 0 bridgehead atoms. The molecule has 5 nitrogen and oxygen atoms in total. The molecule has 1 aromatic heterocycles. The van der Waals surface area contributed by atoms with E-state index in [9.17, 15) is 10.1 Å². The van der Waals surface area contributed by atoms with Gasteiger partial charge in [0.05, 0.1) is 12.8 Å². The quantitative estimate of drug-likeness (QED) is 0.496. The summed E-state index contributed by atoms with van der Waals surface area (Å²) in [5.74, 6) is 0.681. The molecular weight excluding hydrogens is 382 g/mol. The molecule has 3 aromatic carbocycles. The van der Waals surface area contributed by atoms with Crippen LogP contribution < -0.4 is 10.3 Å². The average Bonchev–Trinajstić information content (AvgIpc) is 2.76. The van der Waals surface area contributed by atoms with Crippen molar-refractivity contribution < 1.29 is 4.74 Å². The lowest BCUT2D eigenvalue weighted by Gasteiger charge is -2.12. The van der Waals surface area contributed by atoms with Crippen molar-refractivity contribution in [2.75, 3.05) is 7.11 Å². The molecule has 29 heavy (non-hydrogen) atoms. The topological polar surface area (TPSA) is 67.9 Å². The number of hydrogen-bond donors (Lipinski definition) is 0. The number of fused-ring (bicyclic) bond motifs is 1. The number of nitrogens with zero attached hydrogens (tertiary/aromatic N) is 3. The van der Waals surface area contributed by atoms with Crippen LogP contribution >= 0.6 is 11.8 Å². The van der Waals surface area contributed by atoms with Gasteiger partial charge >= 0.3 is 0 Å². The van der Waals surface area contributed by atoms with Gasteiger partial charge in [-0.1, -0.05) is 42.1 Å². The van der Waals surface area contributed by atoms with E-state index in [1.54, 1.807) is 38.3 Å². The van der Waals surface area contributed by atoms with Crippen molar-refractivity contribution in [3.63, 3.8) is 0 Å². The summed E-state index contributed by atoms with van der Waals surface area (Å²) in [5, 5.41) is 17.0. The Morgan fingerprint density at radius 3 is 2.45 bits per heavy atom. The van der Waals surface area contributed by atoms with Gasteiger partial charge in [-0.05, 0) is 54.1 Å². The van der Waals surface area contributed by atoms with Crippen LogP contribution in [-0.4, -0.2) is 16.9 Å². The average molecular weight is 399 g/mol. The molecular formula is C23H17N3O2S. The number of rotatable bonds is 4. The van der Waals surface area contributed by atoms with Gasteiger partial charge in [-0.2, -0.15) is 15.0 Å². The molecule has 6 heteroatoms. The summed E-state index contributed by atoms with van der Waals surface area (Å²) in [5.41, 5.74) is 0.824. The summed E-state index contributed by atoms with van der Waals surface area (Å²) in [4.78, 5) is 13.8. The summed E-state index contributed by atoms with van der Waals surface area (Å²) in [7, 11) is 1.58. The van der Waals surface area contributed by atoms with Gasteiger partial charge in [-0.3, -0.25) is 4.79 Å². The maximum atomic E-state index is 12.8. The molecule has 142 valence electrons. The van der Waals surface area contributed by atoms with Crippen LogP contribution in [0.1, 0.15) is 11.1 Å². The third-order valence-corrected chi connectivity index (χ3v) is 5.73. The number of benzene rings is 3. The molecule has 4 rings (SSSR count). The van der Waals surface area contributed by atoms with E-state index < -0.39 is 5.56 Å². The predicted octanol–water partition coefficient (Wildman–Crippen LogP) is 4.73. The zero-order valence-corrected chi connectivity index (χ0v) is 16.7. The zero-order valence-electron chi connectivity index (χ0n) is 15.9. The van der Waals surface area contributed by atoms with Crippen LogP contribution in [0.4, 0.5) is 0 Å². The van der Waals surface area contributed by atoms with Crippen LogP contribution in [0.25, 0.3) is 16.5 Å². The van der Waals surface area contributed by atoms with Gasteiger partial charge in [-0.15, -0.1) is 0 Å². The molecule has 0 aliphatic carbocycles. The second kappa shape index (κ2) is 7.82. The third kappa shape index (κ3) is 3.60. The Morgan fingerprint density at radius 2 is 1.76 bits per heavy atom. The van der Waals surface area contributed by atoms with Crippen LogP contribution in [0, 0.1) is 18.3 Å². The number of ether oxygens (including phenoxy) is 1. The molecule has 0 saturated carbocycles. The number of hydrogen-bond acceptors (Lipinski definition) is 5. The fourth-order valence-corrected chi connectivity index (χ4v) is 3.98. The minimum Gasteiger partial charge on any atom is -0.497 e. The van der Waals surface area contributed by atoms with E-state index in [1.165, 1.54) is 16.4 Å². The van der Waals surface area contributed by atoms with E-state index in [2.05, 4.69) is 29.4 Å². The third-order valence-electron chi connectivity index (χ3n) is 4.66. The Kier molecular flexibility index (Phi) is 5.07. The smallest absolute Gasteiger partial charge is 0.289 e. The van der Waals surface area contributed by atoms with Gasteiger partial charge in [-0.25, -0.2) is 0 Å². The van der Waals surface area contributed by atoms with E-state index in [0.717, 1.165) is 15.7 Å². The van der Waals surface area contributed by atoms with E-state index in [1.807, 2.05) is 24.3 Å². The maximum absolute atomic E-state index is 12.8. The first-order valence-electron chi connectivity index (χ1n) is 8.96. The normalized spacial score (nSPS) is 10.7. The van der Waals surface area contributed by atoms with Crippen molar-refractivity contribution in [1.29, 1.82) is 5.26 Å². The number of methoxy groups -OCH3 is 1. The summed E-state index contributed by atoms with van der Waals surface area (Å²) >= 11 is 1.44. The largest absolute Gasteiger partial charge is 0.497 e. The van der Waals surface area contributed by atoms with Crippen molar-refractivity contribution in [1.82, 2.24) is 9.78 Å². The second-order valence-corrected chi connectivity index (χ2v) is 7.51. The highest BCUT2D eigenvalue weighted by Crippen LogP contribution is 2.31. The lowest BCUT2D eigenvalue weighted by Crippen LogP contribution is -2.25. The molecule has 1 heterocycles. The lowest BCUT2D eigenvalue weighted by atomic mass is 10.1. The lowest BCUT2D eigenvalue weighted by molar-refractivity contribution is 0.414. The standard InChI is InChI=1S/C23H17N3O2S/c1-15-21(14-24)23(27)26(18-8-10-19(28-2)11-9-18)25-22(15)29-20-12-7-16-5-3-4-6-17(16)13-20/h3-13H,1-2H3. The van der Waals surface area contributed by atoms with Gasteiger partial charge in [0.1, 0.15) is 22.4 Å². The van der Waals surface area contributed by atoms with Gasteiger partial charge in [0.15, 0.2) is 0 Å². The summed E-state index contributed by atoms with van der Waals surface area (Å²) in [6, 6.07) is 23.3. The first kappa shape index (κ1) is 18.8.